The van der Waals surface area contributed by atoms with Gasteiger partial charge in [0.05, 0.1) is 35.3 Å². The van der Waals surface area contributed by atoms with E-state index in [1.807, 2.05) is 12.1 Å². The highest BCUT2D eigenvalue weighted by molar-refractivity contribution is 6.32. The van der Waals surface area contributed by atoms with Crippen LogP contribution >= 0.6 is 11.6 Å². The lowest BCUT2D eigenvalue weighted by molar-refractivity contribution is 0.318. The maximum absolute atomic E-state index is 9.93. The second-order valence-electron chi connectivity index (χ2n) is 5.42. The lowest BCUT2D eigenvalue weighted by Crippen LogP contribution is -1.93. The molecule has 132 valence electrons. The molecule has 2 aromatic carbocycles. The number of ether oxygens (including phenoxy) is 2. The fourth-order valence-corrected chi connectivity index (χ4v) is 2.73. The quantitative estimate of drug-likeness (QED) is 0.650. The largest absolute Gasteiger partial charge is 0.503 e. The van der Waals surface area contributed by atoms with E-state index in [-0.39, 0.29) is 16.5 Å². The van der Waals surface area contributed by atoms with Crippen molar-refractivity contribution in [3.05, 3.63) is 46.7 Å². The normalized spacial score (nSPS) is 11.4. The number of nitrogens with one attached hydrogen (secondary N) is 1. The van der Waals surface area contributed by atoms with Crippen LogP contribution < -0.4 is 9.47 Å². The third-order valence-corrected chi connectivity index (χ3v) is 4.01. The molecule has 0 aliphatic heterocycles. The first-order valence-corrected chi connectivity index (χ1v) is 8.24. The van der Waals surface area contributed by atoms with E-state index in [0.717, 1.165) is 11.0 Å². The molecule has 3 rings (SSSR count). The third kappa shape index (κ3) is 3.44. The number of allylic oxidation sites excluding steroid dienone is 1. The van der Waals surface area contributed by atoms with Gasteiger partial charge >= 0.3 is 0 Å². The summed E-state index contributed by atoms with van der Waals surface area (Å²) < 4.78 is 10.6. The minimum atomic E-state index is -0.125. The molecule has 6 nitrogen and oxygen atoms in total. The van der Waals surface area contributed by atoms with Crippen LogP contribution in [-0.4, -0.2) is 28.8 Å². The number of hydrogen-bond donors (Lipinski definition) is 2. The number of nitriles is 1. The number of fused-ring (bicyclic) bond motifs is 1. The molecule has 0 unspecified atom stereocenters. The molecular weight excluding hydrogens is 354 g/mol. The van der Waals surface area contributed by atoms with Crippen molar-refractivity contribution in [2.45, 2.75) is 6.92 Å². The fraction of sp³-hybridized carbons (Fsp3) is 0.158. The Balaban J connectivity index is 2.05. The van der Waals surface area contributed by atoms with Crippen LogP contribution in [0.25, 0.3) is 22.7 Å². The molecular formula is C19H16ClN3O3. The average molecular weight is 370 g/mol. The summed E-state index contributed by atoms with van der Waals surface area (Å²) in [6, 6.07) is 10.7. The summed E-state index contributed by atoms with van der Waals surface area (Å²) in [5, 5.41) is 19.6. The van der Waals surface area contributed by atoms with Crippen LogP contribution in [0, 0.1) is 11.3 Å². The smallest absolute Gasteiger partial charge is 0.176 e. The molecule has 0 radical (unpaired) electrons. The highest BCUT2D eigenvalue weighted by Gasteiger charge is 2.12. The standard InChI is InChI=1S/C19H16ClN3O3/c1-3-26-17-8-11(7-14(20)18(17)24)6-12(10-21)19-22-15-5-4-13(25-2)9-16(15)23-19/h4-9,24H,3H2,1-2H3,(H,22,23)/b12-6+. The topological polar surface area (TPSA) is 91.2 Å². The van der Waals surface area contributed by atoms with Gasteiger partial charge in [-0.25, -0.2) is 4.98 Å². The molecule has 26 heavy (non-hydrogen) atoms. The molecule has 7 heteroatoms. The van der Waals surface area contributed by atoms with Crippen LogP contribution in [0.2, 0.25) is 5.02 Å². The average Bonchev–Trinajstić information content (AvgIpc) is 3.06. The number of halogens is 1. The van der Waals surface area contributed by atoms with E-state index in [0.29, 0.717) is 29.3 Å². The Kier molecular flexibility index (Phi) is 5.01. The van der Waals surface area contributed by atoms with Crippen molar-refractivity contribution in [3.8, 4) is 23.3 Å². The Hall–Kier alpha value is -3.17. The van der Waals surface area contributed by atoms with Gasteiger partial charge in [-0.1, -0.05) is 11.6 Å². The van der Waals surface area contributed by atoms with Crippen LogP contribution in [0.15, 0.2) is 30.3 Å². The van der Waals surface area contributed by atoms with E-state index in [4.69, 9.17) is 21.1 Å². The summed E-state index contributed by atoms with van der Waals surface area (Å²) in [6.07, 6.45) is 1.63. The summed E-state index contributed by atoms with van der Waals surface area (Å²) in [7, 11) is 1.59. The Labute approximate surface area is 155 Å². The number of H-pyrrole nitrogens is 1. The first kappa shape index (κ1) is 17.6. The highest BCUT2D eigenvalue weighted by atomic mass is 35.5. The highest BCUT2D eigenvalue weighted by Crippen LogP contribution is 2.36. The molecule has 3 aromatic rings. The minimum absolute atomic E-state index is 0.125. The van der Waals surface area contributed by atoms with Crippen LogP contribution in [0.3, 0.4) is 0 Å². The van der Waals surface area contributed by atoms with Crippen molar-refractivity contribution in [2.75, 3.05) is 13.7 Å². The van der Waals surface area contributed by atoms with Gasteiger partial charge in [0.15, 0.2) is 11.5 Å². The van der Waals surface area contributed by atoms with E-state index < -0.39 is 0 Å². The minimum Gasteiger partial charge on any atom is -0.503 e. The molecule has 2 N–H and O–H groups in total. The summed E-state index contributed by atoms with van der Waals surface area (Å²) in [6.45, 7) is 2.19. The zero-order chi connectivity index (χ0) is 18.7. The molecule has 0 amide bonds. The maximum Gasteiger partial charge on any atom is 0.176 e. The van der Waals surface area contributed by atoms with Gasteiger partial charge in [-0.2, -0.15) is 5.26 Å². The first-order valence-electron chi connectivity index (χ1n) is 7.87. The molecule has 0 saturated heterocycles. The molecule has 0 fully saturated rings. The SMILES string of the molecule is CCOc1cc(/C=C(\C#N)c2nc3ccc(OC)cc3[nH]2)cc(Cl)c1O. The molecule has 0 atom stereocenters. The number of rotatable bonds is 5. The number of nitrogens with zero attached hydrogens (tertiary/aromatic N) is 2. The summed E-state index contributed by atoms with van der Waals surface area (Å²) in [4.78, 5) is 7.55. The lowest BCUT2D eigenvalue weighted by Gasteiger charge is -2.08. The second kappa shape index (κ2) is 7.38. The Morgan fingerprint density at radius 1 is 1.38 bits per heavy atom. The van der Waals surface area contributed by atoms with Gasteiger partial charge in [-0.3, -0.25) is 0 Å². The van der Waals surface area contributed by atoms with Crippen molar-refractivity contribution in [1.29, 1.82) is 5.26 Å². The van der Waals surface area contributed by atoms with E-state index >= 15 is 0 Å². The number of hydrogen-bond acceptors (Lipinski definition) is 5. The number of methoxy groups -OCH3 is 1. The third-order valence-electron chi connectivity index (χ3n) is 3.73. The predicted octanol–water partition coefficient (Wildman–Crippen LogP) is 4.39. The monoisotopic (exact) mass is 369 g/mol. The number of aromatic nitrogens is 2. The van der Waals surface area contributed by atoms with Crippen LogP contribution in [0.4, 0.5) is 0 Å². The van der Waals surface area contributed by atoms with Gasteiger partial charge in [0.1, 0.15) is 17.6 Å². The molecule has 0 saturated carbocycles. The number of phenolic OH excluding ortho intramolecular Hbond substituents is 1. The van der Waals surface area contributed by atoms with Gasteiger partial charge in [0, 0.05) is 6.07 Å². The molecule has 0 spiro atoms. The maximum atomic E-state index is 9.93. The number of phenols is 1. The van der Waals surface area contributed by atoms with E-state index in [2.05, 4.69) is 16.0 Å². The molecule has 1 heterocycles. The Morgan fingerprint density at radius 3 is 2.88 bits per heavy atom. The van der Waals surface area contributed by atoms with Gasteiger partial charge in [0.2, 0.25) is 0 Å². The zero-order valence-electron chi connectivity index (χ0n) is 14.2. The van der Waals surface area contributed by atoms with E-state index in [1.165, 1.54) is 0 Å². The molecule has 0 aliphatic rings. The van der Waals surface area contributed by atoms with Crippen LogP contribution in [-0.2, 0) is 0 Å². The molecule has 0 bridgehead atoms. The second-order valence-corrected chi connectivity index (χ2v) is 5.83. The van der Waals surface area contributed by atoms with Crippen LogP contribution in [0.5, 0.6) is 17.2 Å². The zero-order valence-corrected chi connectivity index (χ0v) is 15.0. The summed E-state index contributed by atoms with van der Waals surface area (Å²) >= 11 is 6.05. The van der Waals surface area contributed by atoms with Crippen LogP contribution in [0.1, 0.15) is 18.3 Å². The Morgan fingerprint density at radius 2 is 2.19 bits per heavy atom. The first-order chi connectivity index (χ1) is 12.5. The van der Waals surface area contributed by atoms with Crippen molar-refractivity contribution in [3.63, 3.8) is 0 Å². The predicted molar refractivity (Wildman–Crippen MR) is 100 cm³/mol. The summed E-state index contributed by atoms with van der Waals surface area (Å²) in [5.74, 6) is 1.26. The van der Waals surface area contributed by atoms with E-state index in [9.17, 15) is 10.4 Å². The molecule has 1 aromatic heterocycles. The van der Waals surface area contributed by atoms with E-state index in [1.54, 1.807) is 38.3 Å². The number of imidazole rings is 1. The summed E-state index contributed by atoms with van der Waals surface area (Å²) in [5.41, 5.74) is 2.43. The fourth-order valence-electron chi connectivity index (χ4n) is 2.51. The van der Waals surface area contributed by atoms with Gasteiger partial charge in [-0.05, 0) is 42.8 Å². The molecule has 0 aliphatic carbocycles. The lowest BCUT2D eigenvalue weighted by atomic mass is 10.1. The van der Waals surface area contributed by atoms with Gasteiger partial charge in [-0.15, -0.1) is 0 Å². The van der Waals surface area contributed by atoms with Gasteiger partial charge in [0.25, 0.3) is 0 Å². The number of benzene rings is 2. The van der Waals surface area contributed by atoms with Crippen molar-refractivity contribution >= 4 is 34.3 Å². The van der Waals surface area contributed by atoms with Gasteiger partial charge < -0.3 is 19.6 Å². The number of aromatic amines is 1. The Bertz CT molecular complexity index is 1030. The number of aromatic hydroxyl groups is 1. The van der Waals surface area contributed by atoms with Crippen molar-refractivity contribution < 1.29 is 14.6 Å². The van der Waals surface area contributed by atoms with Crippen molar-refractivity contribution in [1.82, 2.24) is 9.97 Å². The van der Waals surface area contributed by atoms with Crippen molar-refractivity contribution in [2.24, 2.45) is 0 Å².